The van der Waals surface area contributed by atoms with Gasteiger partial charge in [-0.25, -0.2) is 5.84 Å². The van der Waals surface area contributed by atoms with Crippen LogP contribution in [-0.4, -0.2) is 29.9 Å². The van der Waals surface area contributed by atoms with Crippen LogP contribution >= 0.6 is 0 Å². The van der Waals surface area contributed by atoms with Crippen molar-refractivity contribution < 1.29 is 4.79 Å². The van der Waals surface area contributed by atoms with Gasteiger partial charge in [0.25, 0.3) is 5.91 Å². The van der Waals surface area contributed by atoms with Crippen LogP contribution in [0.15, 0.2) is 0 Å². The zero-order valence-electron chi connectivity index (χ0n) is 11.6. The van der Waals surface area contributed by atoms with Crippen molar-refractivity contribution in [3.05, 3.63) is 0 Å². The van der Waals surface area contributed by atoms with Gasteiger partial charge in [0.05, 0.1) is 6.04 Å². The van der Waals surface area contributed by atoms with Gasteiger partial charge in [-0.15, -0.1) is 0 Å². The second-order valence-corrected chi connectivity index (χ2v) is 5.79. The molecule has 4 nitrogen and oxygen atoms in total. The molecule has 1 aliphatic carbocycles. The molecule has 100 valence electrons. The first-order valence-corrected chi connectivity index (χ1v) is 6.69. The molecular formula is C13H27N3O. The molecule has 4 heteroatoms. The predicted octanol–water partition coefficient (Wildman–Crippen LogP) is 1.51. The molecule has 3 unspecified atom stereocenters. The molecule has 0 spiro atoms. The molecule has 1 rings (SSSR count). The molecule has 0 heterocycles. The zero-order valence-corrected chi connectivity index (χ0v) is 11.6. The van der Waals surface area contributed by atoms with Crippen LogP contribution in [0.3, 0.4) is 0 Å². The van der Waals surface area contributed by atoms with Crippen molar-refractivity contribution >= 4 is 5.91 Å². The number of amides is 1. The molecule has 0 aromatic rings. The molecule has 0 aromatic heterocycles. The largest absolute Gasteiger partial charge is 0.293 e. The minimum atomic E-state index is -0.115. The van der Waals surface area contributed by atoms with Crippen molar-refractivity contribution in [3.8, 4) is 0 Å². The van der Waals surface area contributed by atoms with E-state index in [-0.39, 0.29) is 17.9 Å². The Morgan fingerprint density at radius 3 is 2.53 bits per heavy atom. The Morgan fingerprint density at radius 1 is 1.41 bits per heavy atom. The van der Waals surface area contributed by atoms with Crippen molar-refractivity contribution in [3.63, 3.8) is 0 Å². The van der Waals surface area contributed by atoms with Gasteiger partial charge in [-0.2, -0.15) is 0 Å². The van der Waals surface area contributed by atoms with E-state index in [2.05, 4.69) is 38.1 Å². The molecule has 0 aliphatic heterocycles. The maximum atomic E-state index is 11.8. The van der Waals surface area contributed by atoms with Crippen LogP contribution in [0.5, 0.6) is 0 Å². The van der Waals surface area contributed by atoms with Crippen molar-refractivity contribution in [1.82, 2.24) is 10.3 Å². The Morgan fingerprint density at radius 2 is 2.06 bits per heavy atom. The first-order valence-electron chi connectivity index (χ1n) is 6.69. The monoisotopic (exact) mass is 241 g/mol. The van der Waals surface area contributed by atoms with Crippen LogP contribution in [0.25, 0.3) is 0 Å². The van der Waals surface area contributed by atoms with Gasteiger partial charge >= 0.3 is 0 Å². The molecule has 0 saturated heterocycles. The highest BCUT2D eigenvalue weighted by Crippen LogP contribution is 2.28. The van der Waals surface area contributed by atoms with Crippen LogP contribution in [0, 0.1) is 11.8 Å². The third kappa shape index (κ3) is 3.68. The normalized spacial score (nSPS) is 27.2. The average molecular weight is 241 g/mol. The molecule has 0 radical (unpaired) electrons. The maximum absolute atomic E-state index is 11.8. The number of hydrogen-bond donors (Lipinski definition) is 2. The topological polar surface area (TPSA) is 58.4 Å². The van der Waals surface area contributed by atoms with Crippen LogP contribution in [0.1, 0.15) is 46.5 Å². The van der Waals surface area contributed by atoms with Gasteiger partial charge in [0, 0.05) is 6.04 Å². The number of nitrogens with two attached hydrogens (primary N) is 1. The van der Waals surface area contributed by atoms with E-state index >= 15 is 0 Å². The fraction of sp³-hybridized carbons (Fsp3) is 0.923. The average Bonchev–Trinajstić information content (AvgIpc) is 2.28. The summed E-state index contributed by atoms with van der Waals surface area (Å²) in [7, 11) is 2.06. The predicted molar refractivity (Wildman–Crippen MR) is 70.1 cm³/mol. The van der Waals surface area contributed by atoms with Crippen LogP contribution in [-0.2, 0) is 4.79 Å². The summed E-state index contributed by atoms with van der Waals surface area (Å²) in [5.74, 6) is 6.26. The first-order chi connectivity index (χ1) is 7.97. The third-order valence-corrected chi connectivity index (χ3v) is 3.97. The van der Waals surface area contributed by atoms with E-state index in [1.54, 1.807) is 0 Å². The second kappa shape index (κ2) is 6.36. The van der Waals surface area contributed by atoms with E-state index in [9.17, 15) is 4.79 Å². The number of nitrogens with one attached hydrogen (secondary N) is 1. The number of hydrazine groups is 1. The zero-order chi connectivity index (χ0) is 13.0. The molecule has 1 aliphatic rings. The van der Waals surface area contributed by atoms with Crippen LogP contribution in [0.2, 0.25) is 0 Å². The standard InChI is InChI=1S/C13H27N3O/c1-9(2)12(13(17)15-14)16(4)11-7-5-6-10(3)8-11/h9-12H,5-8,14H2,1-4H3,(H,15,17). The Bertz CT molecular complexity index is 255. The SMILES string of the molecule is CC1CCCC(N(C)C(C(=O)NN)C(C)C)C1. The molecular weight excluding hydrogens is 214 g/mol. The van der Waals surface area contributed by atoms with Gasteiger partial charge < -0.3 is 0 Å². The smallest absolute Gasteiger partial charge is 0.251 e. The Labute approximate surface area is 105 Å². The summed E-state index contributed by atoms with van der Waals surface area (Å²) in [6, 6.07) is 0.402. The van der Waals surface area contributed by atoms with Crippen LogP contribution < -0.4 is 11.3 Å². The van der Waals surface area contributed by atoms with E-state index in [4.69, 9.17) is 5.84 Å². The highest BCUT2D eigenvalue weighted by Gasteiger charge is 2.32. The molecule has 17 heavy (non-hydrogen) atoms. The van der Waals surface area contributed by atoms with E-state index in [1.165, 1.54) is 25.7 Å². The van der Waals surface area contributed by atoms with Gasteiger partial charge in [-0.3, -0.25) is 15.1 Å². The lowest BCUT2D eigenvalue weighted by Crippen LogP contribution is -2.54. The molecule has 3 atom stereocenters. The first kappa shape index (κ1) is 14.5. The molecule has 3 N–H and O–H groups in total. The molecule has 1 fully saturated rings. The third-order valence-electron chi connectivity index (χ3n) is 3.97. The van der Waals surface area contributed by atoms with E-state index in [0.717, 1.165) is 5.92 Å². The summed E-state index contributed by atoms with van der Waals surface area (Å²) >= 11 is 0. The molecule has 1 amide bonds. The molecule has 0 aromatic carbocycles. The summed E-state index contributed by atoms with van der Waals surface area (Å²) in [4.78, 5) is 14.1. The summed E-state index contributed by atoms with van der Waals surface area (Å²) in [5, 5.41) is 0. The van der Waals surface area contributed by atoms with E-state index in [0.29, 0.717) is 6.04 Å². The van der Waals surface area contributed by atoms with Crippen molar-refractivity contribution in [2.45, 2.75) is 58.5 Å². The summed E-state index contributed by atoms with van der Waals surface area (Å²) in [6.45, 7) is 6.44. The fourth-order valence-corrected chi connectivity index (χ4v) is 3.04. The number of carbonyl (C=O) groups is 1. The number of rotatable bonds is 4. The Kier molecular flexibility index (Phi) is 5.40. The summed E-state index contributed by atoms with van der Waals surface area (Å²) in [5.41, 5.74) is 2.30. The van der Waals surface area contributed by atoms with E-state index < -0.39 is 0 Å². The van der Waals surface area contributed by atoms with Crippen LogP contribution in [0.4, 0.5) is 0 Å². The van der Waals surface area contributed by atoms with Gasteiger partial charge in [-0.05, 0) is 31.7 Å². The van der Waals surface area contributed by atoms with Gasteiger partial charge in [0.1, 0.15) is 0 Å². The Hall–Kier alpha value is -0.610. The number of carbonyl (C=O) groups excluding carboxylic acids is 1. The highest BCUT2D eigenvalue weighted by molar-refractivity contribution is 5.81. The maximum Gasteiger partial charge on any atom is 0.251 e. The second-order valence-electron chi connectivity index (χ2n) is 5.79. The number of nitrogens with zero attached hydrogens (tertiary/aromatic N) is 1. The van der Waals surface area contributed by atoms with Gasteiger partial charge in [0.2, 0.25) is 0 Å². The quantitative estimate of drug-likeness (QED) is 0.445. The summed E-state index contributed by atoms with van der Waals surface area (Å²) < 4.78 is 0. The number of likely N-dealkylation sites (N-methyl/N-ethyl adjacent to an activating group) is 1. The summed E-state index contributed by atoms with van der Waals surface area (Å²) in [6.07, 6.45) is 4.98. The highest BCUT2D eigenvalue weighted by atomic mass is 16.2. The van der Waals surface area contributed by atoms with Crippen molar-refractivity contribution in [1.29, 1.82) is 0 Å². The fourth-order valence-electron chi connectivity index (χ4n) is 3.04. The minimum absolute atomic E-state index is 0.0688. The number of hydrogen-bond acceptors (Lipinski definition) is 3. The minimum Gasteiger partial charge on any atom is -0.293 e. The van der Waals surface area contributed by atoms with Crippen molar-refractivity contribution in [2.24, 2.45) is 17.7 Å². The van der Waals surface area contributed by atoms with E-state index in [1.807, 2.05) is 0 Å². The lowest BCUT2D eigenvalue weighted by atomic mass is 9.85. The van der Waals surface area contributed by atoms with Gasteiger partial charge in [0.15, 0.2) is 0 Å². The lowest BCUT2D eigenvalue weighted by Gasteiger charge is -2.39. The van der Waals surface area contributed by atoms with Crippen molar-refractivity contribution in [2.75, 3.05) is 7.05 Å². The lowest BCUT2D eigenvalue weighted by molar-refractivity contribution is -0.129. The molecule has 0 bridgehead atoms. The molecule has 1 saturated carbocycles. The Balaban J connectivity index is 2.69. The van der Waals surface area contributed by atoms with Gasteiger partial charge in [-0.1, -0.05) is 33.6 Å².